The molecule has 0 fully saturated rings. The smallest absolute Gasteiger partial charge is 0.270 e. The lowest BCUT2D eigenvalue weighted by molar-refractivity contribution is -0.117. The number of allylic oxidation sites excluding steroid dienone is 1. The van der Waals surface area contributed by atoms with Gasteiger partial charge in [-0.25, -0.2) is 4.68 Å². The van der Waals surface area contributed by atoms with Crippen molar-refractivity contribution in [3.8, 4) is 11.4 Å². The normalized spacial score (nSPS) is 9.83. The zero-order valence-corrected chi connectivity index (χ0v) is 16.1. The van der Waals surface area contributed by atoms with Crippen LogP contribution in [0.4, 0.5) is 0 Å². The molecule has 0 aliphatic carbocycles. The summed E-state index contributed by atoms with van der Waals surface area (Å²) in [7, 11) is 0. The molecule has 29 heavy (non-hydrogen) atoms. The molecule has 3 aromatic rings. The lowest BCUT2D eigenvalue weighted by atomic mass is 10.2. The zero-order chi connectivity index (χ0) is 21.2. The van der Waals surface area contributed by atoms with Crippen LogP contribution in [-0.4, -0.2) is 44.2 Å². The van der Waals surface area contributed by atoms with Gasteiger partial charge < -0.3 is 11.1 Å². The predicted molar refractivity (Wildman–Crippen MR) is 108 cm³/mol. The van der Waals surface area contributed by atoms with E-state index in [1.807, 2.05) is 30.3 Å². The maximum Gasteiger partial charge on any atom is 0.270 e. The van der Waals surface area contributed by atoms with Crippen LogP contribution in [-0.2, 0) is 4.79 Å². The Labute approximate surface area is 171 Å². The van der Waals surface area contributed by atoms with E-state index in [0.29, 0.717) is 11.4 Å². The predicted octanol–water partition coefficient (Wildman–Crippen LogP) is 2.04. The van der Waals surface area contributed by atoms with E-state index < -0.39 is 17.7 Å². The van der Waals surface area contributed by atoms with Gasteiger partial charge in [0.2, 0.25) is 5.91 Å². The molecule has 0 unspecified atom stereocenters. The number of nitrogens with zero attached hydrogens (tertiary/aromatic N) is 3. The molecule has 0 aliphatic rings. The van der Waals surface area contributed by atoms with Gasteiger partial charge in [-0.05, 0) is 24.3 Å². The molecular formula is C19H19ClN6O3. The van der Waals surface area contributed by atoms with E-state index in [9.17, 15) is 14.4 Å². The van der Waals surface area contributed by atoms with Gasteiger partial charge in [-0.15, -0.1) is 0 Å². The van der Waals surface area contributed by atoms with Crippen molar-refractivity contribution < 1.29 is 14.4 Å². The third kappa shape index (κ3) is 6.43. The Morgan fingerprint density at radius 2 is 1.97 bits per heavy atom. The van der Waals surface area contributed by atoms with Gasteiger partial charge in [0.05, 0.1) is 17.5 Å². The Morgan fingerprint density at radius 3 is 2.55 bits per heavy atom. The molecule has 0 radical (unpaired) electrons. The van der Waals surface area contributed by atoms with Crippen LogP contribution in [0.5, 0.6) is 0 Å². The van der Waals surface area contributed by atoms with Gasteiger partial charge >= 0.3 is 0 Å². The quantitative estimate of drug-likeness (QED) is 0.530. The Kier molecular flexibility index (Phi) is 7.87. The average molecular weight is 415 g/mol. The van der Waals surface area contributed by atoms with Crippen molar-refractivity contribution in [1.82, 2.24) is 25.3 Å². The third-order valence-electron chi connectivity index (χ3n) is 3.52. The number of halogens is 1. The van der Waals surface area contributed by atoms with Gasteiger partial charge in [0.25, 0.3) is 11.8 Å². The zero-order valence-electron chi connectivity index (χ0n) is 15.3. The summed E-state index contributed by atoms with van der Waals surface area (Å²) in [5.74, 6) is -1.32. The summed E-state index contributed by atoms with van der Waals surface area (Å²) in [5.41, 5.74) is 6.00. The number of rotatable bonds is 6. The molecular weight excluding hydrogens is 396 g/mol. The number of carbonyl (C=O) groups is 3. The summed E-state index contributed by atoms with van der Waals surface area (Å²) >= 11 is 5.54. The summed E-state index contributed by atoms with van der Waals surface area (Å²) in [4.78, 5) is 34.1. The Balaban J connectivity index is 0.000000360. The number of aromatic nitrogens is 4. The van der Waals surface area contributed by atoms with E-state index >= 15 is 0 Å². The fourth-order valence-corrected chi connectivity index (χ4v) is 2.28. The second-order valence-corrected chi connectivity index (χ2v) is 6.05. The standard InChI is InChI=1S/C13H14N6O3.C6H5Cl/c1-2-11(21)19-6-4-9(18-19)12-8(7-16-17-12)13(22)15-5-3-10(14)20;7-6-4-2-1-3-5-6/h2,4,6-7H,1,3,5H2,(H2,14,20)(H,15,22)(H,16,17);1-5H. The van der Waals surface area contributed by atoms with Crippen LogP contribution >= 0.6 is 11.6 Å². The summed E-state index contributed by atoms with van der Waals surface area (Å²) < 4.78 is 1.10. The van der Waals surface area contributed by atoms with Gasteiger partial charge in [-0.3, -0.25) is 19.5 Å². The van der Waals surface area contributed by atoms with Gasteiger partial charge in [0, 0.05) is 24.2 Å². The second kappa shape index (κ2) is 10.6. The molecule has 3 rings (SSSR count). The maximum absolute atomic E-state index is 12.0. The first-order valence-corrected chi connectivity index (χ1v) is 8.83. The summed E-state index contributed by atoms with van der Waals surface area (Å²) in [6, 6.07) is 11.0. The van der Waals surface area contributed by atoms with Crippen molar-refractivity contribution >= 4 is 29.3 Å². The highest BCUT2D eigenvalue weighted by atomic mass is 35.5. The fourth-order valence-electron chi connectivity index (χ4n) is 2.14. The highest BCUT2D eigenvalue weighted by Gasteiger charge is 2.17. The molecule has 4 N–H and O–H groups in total. The van der Waals surface area contributed by atoms with E-state index in [2.05, 4.69) is 27.2 Å². The maximum atomic E-state index is 12.0. The van der Waals surface area contributed by atoms with E-state index in [0.717, 1.165) is 15.8 Å². The highest BCUT2D eigenvalue weighted by molar-refractivity contribution is 6.30. The Bertz CT molecular complexity index is 996. The van der Waals surface area contributed by atoms with Crippen LogP contribution < -0.4 is 11.1 Å². The monoisotopic (exact) mass is 414 g/mol. The van der Waals surface area contributed by atoms with Crippen LogP contribution in [0.15, 0.2) is 61.4 Å². The molecule has 9 nitrogen and oxygen atoms in total. The molecule has 1 aromatic carbocycles. The number of amides is 2. The highest BCUT2D eigenvalue weighted by Crippen LogP contribution is 2.18. The molecule has 0 aliphatic heterocycles. The van der Waals surface area contributed by atoms with Crippen molar-refractivity contribution in [3.63, 3.8) is 0 Å². The molecule has 10 heteroatoms. The molecule has 2 aromatic heterocycles. The van der Waals surface area contributed by atoms with Crippen molar-refractivity contribution in [1.29, 1.82) is 0 Å². The molecule has 0 saturated heterocycles. The number of H-pyrrole nitrogens is 1. The summed E-state index contributed by atoms with van der Waals surface area (Å²) in [5, 5.41) is 13.9. The lowest BCUT2D eigenvalue weighted by Crippen LogP contribution is -2.28. The second-order valence-electron chi connectivity index (χ2n) is 5.61. The van der Waals surface area contributed by atoms with Crippen LogP contribution in [0.25, 0.3) is 11.4 Å². The van der Waals surface area contributed by atoms with Gasteiger partial charge in [-0.1, -0.05) is 36.4 Å². The topological polar surface area (TPSA) is 136 Å². The van der Waals surface area contributed by atoms with E-state index in [1.54, 1.807) is 6.07 Å². The average Bonchev–Trinajstić information content (AvgIpc) is 3.37. The first-order valence-electron chi connectivity index (χ1n) is 8.45. The number of carbonyl (C=O) groups excluding carboxylic acids is 3. The van der Waals surface area contributed by atoms with Crippen molar-refractivity contribution in [2.75, 3.05) is 6.54 Å². The number of nitrogens with two attached hydrogens (primary N) is 1. The first-order chi connectivity index (χ1) is 13.9. The molecule has 2 heterocycles. The first kappa shape index (κ1) is 21.6. The number of benzene rings is 1. The van der Waals surface area contributed by atoms with Gasteiger partial charge in [0.15, 0.2) is 0 Å². The number of hydrogen-bond donors (Lipinski definition) is 3. The number of aromatic amines is 1. The lowest BCUT2D eigenvalue weighted by Gasteiger charge is -2.03. The molecule has 0 bridgehead atoms. The summed E-state index contributed by atoms with van der Waals surface area (Å²) in [6.45, 7) is 3.50. The van der Waals surface area contributed by atoms with E-state index in [1.165, 1.54) is 12.4 Å². The molecule has 0 atom stereocenters. The number of primary amides is 1. The fraction of sp³-hybridized carbons (Fsp3) is 0.105. The van der Waals surface area contributed by atoms with Crippen molar-refractivity contribution in [2.24, 2.45) is 5.73 Å². The van der Waals surface area contributed by atoms with Crippen LogP contribution in [0.3, 0.4) is 0 Å². The minimum absolute atomic E-state index is 0.0430. The minimum atomic E-state index is -0.505. The van der Waals surface area contributed by atoms with Gasteiger partial charge in [-0.2, -0.15) is 10.2 Å². The molecule has 0 spiro atoms. The third-order valence-corrected chi connectivity index (χ3v) is 3.77. The van der Waals surface area contributed by atoms with E-state index in [4.69, 9.17) is 17.3 Å². The van der Waals surface area contributed by atoms with E-state index in [-0.39, 0.29) is 18.5 Å². The van der Waals surface area contributed by atoms with Crippen LogP contribution in [0.2, 0.25) is 5.02 Å². The number of nitrogens with one attached hydrogen (secondary N) is 2. The molecule has 150 valence electrons. The largest absolute Gasteiger partial charge is 0.370 e. The van der Waals surface area contributed by atoms with Crippen LogP contribution in [0.1, 0.15) is 21.6 Å². The van der Waals surface area contributed by atoms with Crippen LogP contribution in [0, 0.1) is 0 Å². The molecule has 2 amide bonds. The Morgan fingerprint density at radius 1 is 1.24 bits per heavy atom. The van der Waals surface area contributed by atoms with Crippen molar-refractivity contribution in [2.45, 2.75) is 6.42 Å². The van der Waals surface area contributed by atoms with Crippen molar-refractivity contribution in [3.05, 3.63) is 72.0 Å². The molecule has 0 saturated carbocycles. The summed E-state index contributed by atoms with van der Waals surface area (Å²) in [6.07, 6.45) is 3.96. The number of hydrogen-bond acceptors (Lipinski definition) is 5. The SMILES string of the molecule is C=CC(=O)n1ccc(-c2[nH]ncc2C(=O)NCCC(N)=O)n1.Clc1ccccc1. The van der Waals surface area contributed by atoms with Gasteiger partial charge in [0.1, 0.15) is 5.69 Å². The Hall–Kier alpha value is -3.72. The minimum Gasteiger partial charge on any atom is -0.370 e.